The average molecular weight is 381 g/mol. The summed E-state index contributed by atoms with van der Waals surface area (Å²) in [6.07, 6.45) is 3.42. The summed E-state index contributed by atoms with van der Waals surface area (Å²) in [6, 6.07) is 12.0. The number of carbonyl (C=O) groups is 1. The van der Waals surface area contributed by atoms with Crippen LogP contribution in [0.3, 0.4) is 0 Å². The molecule has 6 nitrogen and oxygen atoms in total. The number of hydrogen-bond acceptors (Lipinski definition) is 5. The Morgan fingerprint density at radius 2 is 2.11 bits per heavy atom. The summed E-state index contributed by atoms with van der Waals surface area (Å²) >= 11 is 1.27. The van der Waals surface area contributed by atoms with Crippen molar-refractivity contribution in [2.75, 3.05) is 4.90 Å². The Morgan fingerprint density at radius 3 is 2.81 bits per heavy atom. The molecule has 0 aliphatic rings. The van der Waals surface area contributed by atoms with Gasteiger partial charge in [-0.05, 0) is 37.3 Å². The molecule has 0 atom stereocenters. The summed E-state index contributed by atoms with van der Waals surface area (Å²) in [5.41, 5.74) is 1.28. The molecule has 4 rings (SSSR count). The molecule has 0 fully saturated rings. The molecule has 0 N–H and O–H groups in total. The van der Waals surface area contributed by atoms with E-state index in [4.69, 9.17) is 0 Å². The van der Waals surface area contributed by atoms with E-state index >= 15 is 0 Å². The third-order valence-corrected chi connectivity index (χ3v) is 5.11. The maximum Gasteiger partial charge on any atom is 0.280 e. The van der Waals surface area contributed by atoms with Gasteiger partial charge >= 0.3 is 0 Å². The van der Waals surface area contributed by atoms with E-state index in [-0.39, 0.29) is 18.0 Å². The van der Waals surface area contributed by atoms with Crippen LogP contribution in [0.4, 0.5) is 9.52 Å². The molecule has 0 radical (unpaired) electrons. The third kappa shape index (κ3) is 3.43. The Balaban J connectivity index is 1.76. The molecular formula is C19H16FN5OS. The predicted molar refractivity (Wildman–Crippen MR) is 102 cm³/mol. The molecule has 8 heteroatoms. The van der Waals surface area contributed by atoms with Gasteiger partial charge in [0.15, 0.2) is 10.8 Å². The molecule has 0 bridgehead atoms. The van der Waals surface area contributed by atoms with Crippen molar-refractivity contribution in [3.63, 3.8) is 0 Å². The molecule has 3 aromatic heterocycles. The first kappa shape index (κ1) is 17.3. The average Bonchev–Trinajstić information content (AvgIpc) is 3.34. The first-order valence-corrected chi connectivity index (χ1v) is 9.27. The summed E-state index contributed by atoms with van der Waals surface area (Å²) in [5.74, 6) is -0.706. The summed E-state index contributed by atoms with van der Waals surface area (Å²) in [5, 5.41) is 4.71. The van der Waals surface area contributed by atoms with E-state index < -0.39 is 5.82 Å². The lowest BCUT2D eigenvalue weighted by Gasteiger charge is -2.18. The van der Waals surface area contributed by atoms with Gasteiger partial charge in [0.25, 0.3) is 5.91 Å². The topological polar surface area (TPSA) is 63.9 Å². The Bertz CT molecular complexity index is 1090. The minimum Gasteiger partial charge on any atom is -0.276 e. The number of aryl methyl sites for hydroxylation is 1. The van der Waals surface area contributed by atoms with Gasteiger partial charge in [0.05, 0.1) is 16.9 Å². The maximum atomic E-state index is 14.1. The highest BCUT2D eigenvalue weighted by molar-refractivity contribution is 7.22. The highest BCUT2D eigenvalue weighted by Gasteiger charge is 2.24. The van der Waals surface area contributed by atoms with Gasteiger partial charge in [0, 0.05) is 18.9 Å². The number of halogens is 1. The molecule has 27 heavy (non-hydrogen) atoms. The van der Waals surface area contributed by atoms with Crippen molar-refractivity contribution in [2.24, 2.45) is 0 Å². The standard InChI is InChI=1S/C19H16FN5OS/c1-2-24-11-9-15(23-24)18(26)25(12-13-6-3-4-10-21-13)19-22-17-14(20)7-5-8-16(17)27-19/h3-11H,2,12H2,1H3. The van der Waals surface area contributed by atoms with Crippen molar-refractivity contribution in [1.82, 2.24) is 19.7 Å². The van der Waals surface area contributed by atoms with E-state index in [2.05, 4.69) is 15.1 Å². The van der Waals surface area contributed by atoms with Crippen molar-refractivity contribution in [3.05, 3.63) is 72.1 Å². The minimum atomic E-state index is -0.407. The molecule has 0 unspecified atom stereocenters. The number of carbonyl (C=O) groups excluding carboxylic acids is 1. The highest BCUT2D eigenvalue weighted by atomic mass is 32.1. The number of fused-ring (bicyclic) bond motifs is 1. The second-order valence-electron chi connectivity index (χ2n) is 5.85. The lowest BCUT2D eigenvalue weighted by Crippen LogP contribution is -2.31. The fourth-order valence-corrected chi connectivity index (χ4v) is 3.67. The van der Waals surface area contributed by atoms with Gasteiger partial charge in [-0.25, -0.2) is 9.37 Å². The Morgan fingerprint density at radius 1 is 1.22 bits per heavy atom. The fourth-order valence-electron chi connectivity index (χ4n) is 2.69. The number of anilines is 1. The van der Waals surface area contributed by atoms with Crippen LogP contribution in [0.5, 0.6) is 0 Å². The van der Waals surface area contributed by atoms with Crippen LogP contribution >= 0.6 is 11.3 Å². The fraction of sp³-hybridized carbons (Fsp3) is 0.158. The van der Waals surface area contributed by atoms with Gasteiger partial charge in [-0.3, -0.25) is 19.4 Å². The molecule has 0 aliphatic carbocycles. The van der Waals surface area contributed by atoms with Gasteiger partial charge in [-0.1, -0.05) is 23.5 Å². The summed E-state index contributed by atoms with van der Waals surface area (Å²) < 4.78 is 16.4. The molecular weight excluding hydrogens is 365 g/mol. The van der Waals surface area contributed by atoms with Crippen LogP contribution in [0.15, 0.2) is 54.9 Å². The number of thiazole rings is 1. The first-order chi connectivity index (χ1) is 13.2. The maximum absolute atomic E-state index is 14.1. The lowest BCUT2D eigenvalue weighted by molar-refractivity contribution is 0.0979. The number of benzene rings is 1. The van der Waals surface area contributed by atoms with Crippen molar-refractivity contribution in [2.45, 2.75) is 20.0 Å². The zero-order valence-corrected chi connectivity index (χ0v) is 15.4. The monoisotopic (exact) mass is 381 g/mol. The normalized spacial score (nSPS) is 11.0. The van der Waals surface area contributed by atoms with Gasteiger partial charge in [0.1, 0.15) is 11.3 Å². The smallest absolute Gasteiger partial charge is 0.276 e. The number of rotatable bonds is 5. The molecule has 1 amide bonds. The van der Waals surface area contributed by atoms with Crippen LogP contribution in [0, 0.1) is 5.82 Å². The second-order valence-corrected chi connectivity index (χ2v) is 6.86. The van der Waals surface area contributed by atoms with Crippen LogP contribution in [-0.4, -0.2) is 25.7 Å². The molecule has 3 heterocycles. The van der Waals surface area contributed by atoms with E-state index in [1.54, 1.807) is 35.3 Å². The van der Waals surface area contributed by atoms with Gasteiger partial charge < -0.3 is 0 Å². The van der Waals surface area contributed by atoms with E-state index in [9.17, 15) is 9.18 Å². The Labute approximate surface area is 158 Å². The highest BCUT2D eigenvalue weighted by Crippen LogP contribution is 2.31. The largest absolute Gasteiger partial charge is 0.280 e. The van der Waals surface area contributed by atoms with Crippen molar-refractivity contribution >= 4 is 32.6 Å². The summed E-state index contributed by atoms with van der Waals surface area (Å²) in [7, 11) is 0. The van der Waals surface area contributed by atoms with Crippen molar-refractivity contribution in [3.8, 4) is 0 Å². The predicted octanol–water partition coefficient (Wildman–Crippen LogP) is 3.89. The molecule has 136 valence electrons. The number of amides is 1. The number of hydrogen-bond donors (Lipinski definition) is 0. The first-order valence-electron chi connectivity index (χ1n) is 8.46. The number of aromatic nitrogens is 4. The number of para-hydroxylation sites is 1. The van der Waals surface area contributed by atoms with Crippen LogP contribution in [0.1, 0.15) is 23.1 Å². The summed E-state index contributed by atoms with van der Waals surface area (Å²) in [4.78, 5) is 23.3. The van der Waals surface area contributed by atoms with E-state index in [0.29, 0.717) is 27.8 Å². The van der Waals surface area contributed by atoms with Gasteiger partial charge in [0.2, 0.25) is 0 Å². The van der Waals surface area contributed by atoms with E-state index in [0.717, 1.165) is 0 Å². The Kier molecular flexibility index (Phi) is 4.64. The van der Waals surface area contributed by atoms with Crippen LogP contribution in [0.25, 0.3) is 10.2 Å². The Hall–Kier alpha value is -3.13. The molecule has 0 spiro atoms. The van der Waals surface area contributed by atoms with Crippen molar-refractivity contribution in [1.29, 1.82) is 0 Å². The quantitative estimate of drug-likeness (QED) is 0.526. The van der Waals surface area contributed by atoms with E-state index in [1.807, 2.05) is 25.1 Å². The van der Waals surface area contributed by atoms with Crippen molar-refractivity contribution < 1.29 is 9.18 Å². The SMILES string of the molecule is CCn1ccc(C(=O)N(Cc2ccccn2)c2nc3c(F)cccc3s2)n1. The van der Waals surface area contributed by atoms with Crippen LogP contribution < -0.4 is 4.90 Å². The number of nitrogens with zero attached hydrogens (tertiary/aromatic N) is 5. The molecule has 0 saturated carbocycles. The van der Waals surface area contributed by atoms with Gasteiger partial charge in [-0.2, -0.15) is 5.10 Å². The molecule has 4 aromatic rings. The summed E-state index contributed by atoms with van der Waals surface area (Å²) in [6.45, 7) is 2.84. The minimum absolute atomic E-state index is 0.222. The molecule has 0 aliphatic heterocycles. The van der Waals surface area contributed by atoms with Crippen LogP contribution in [-0.2, 0) is 13.1 Å². The van der Waals surface area contributed by atoms with Crippen LogP contribution in [0.2, 0.25) is 0 Å². The zero-order valence-electron chi connectivity index (χ0n) is 14.5. The molecule has 0 saturated heterocycles. The number of pyridine rings is 1. The third-order valence-electron chi connectivity index (χ3n) is 4.06. The lowest BCUT2D eigenvalue weighted by atomic mass is 10.3. The molecule has 1 aromatic carbocycles. The van der Waals surface area contributed by atoms with Gasteiger partial charge in [-0.15, -0.1) is 0 Å². The van der Waals surface area contributed by atoms with E-state index in [1.165, 1.54) is 22.3 Å². The second kappa shape index (κ2) is 7.24. The zero-order chi connectivity index (χ0) is 18.8.